The summed E-state index contributed by atoms with van der Waals surface area (Å²) in [5, 5.41) is 10.8. The third kappa shape index (κ3) is 4.44. The summed E-state index contributed by atoms with van der Waals surface area (Å²) in [7, 11) is 2.78. The van der Waals surface area contributed by atoms with Gasteiger partial charge in [0.2, 0.25) is 0 Å². The predicted molar refractivity (Wildman–Crippen MR) is 71.6 cm³/mol. The number of methoxy groups -OCH3 is 2. The molecule has 0 N–H and O–H groups in total. The van der Waals surface area contributed by atoms with Crippen LogP contribution in [0.15, 0.2) is 23.1 Å². The molecule has 0 saturated heterocycles. The van der Waals surface area contributed by atoms with Crippen molar-refractivity contribution in [1.82, 2.24) is 0 Å². The lowest BCUT2D eigenvalue weighted by molar-refractivity contribution is -0.385. The number of nitro groups is 1. The number of carbonyl (C=O) groups is 1. The van der Waals surface area contributed by atoms with Crippen molar-refractivity contribution in [2.45, 2.75) is 11.8 Å². The highest BCUT2D eigenvalue weighted by Crippen LogP contribution is 2.30. The lowest BCUT2D eigenvalue weighted by Gasteiger charge is -2.09. The molecule has 1 rings (SSSR count). The van der Waals surface area contributed by atoms with Gasteiger partial charge in [-0.25, -0.2) is 0 Å². The molecule has 1 unspecified atom stereocenters. The predicted octanol–water partition coefficient (Wildman–Crippen LogP) is 2.50. The van der Waals surface area contributed by atoms with Crippen LogP contribution in [-0.4, -0.2) is 30.9 Å². The fraction of sp³-hybridized carbons (Fsp3) is 0.417. The van der Waals surface area contributed by atoms with Crippen LogP contribution in [0.2, 0.25) is 0 Å². The van der Waals surface area contributed by atoms with E-state index in [-0.39, 0.29) is 17.6 Å². The number of esters is 1. The van der Waals surface area contributed by atoms with E-state index in [0.717, 1.165) is 0 Å². The van der Waals surface area contributed by atoms with Gasteiger partial charge in [0, 0.05) is 16.7 Å². The minimum atomic E-state index is -0.476. The minimum absolute atomic E-state index is 0.0347. The molecule has 104 valence electrons. The summed E-state index contributed by atoms with van der Waals surface area (Å²) in [4.78, 5) is 22.2. The molecule has 0 aliphatic rings. The number of ether oxygens (including phenoxy) is 2. The zero-order valence-electron chi connectivity index (χ0n) is 10.9. The maximum Gasteiger partial charge on any atom is 0.309 e. The smallest absolute Gasteiger partial charge is 0.309 e. The number of nitro benzene ring substituents is 1. The number of hydrogen-bond donors (Lipinski definition) is 0. The monoisotopic (exact) mass is 285 g/mol. The van der Waals surface area contributed by atoms with Crippen molar-refractivity contribution < 1.29 is 19.2 Å². The second-order valence-electron chi connectivity index (χ2n) is 3.86. The van der Waals surface area contributed by atoms with Crippen molar-refractivity contribution in [3.05, 3.63) is 28.3 Å². The van der Waals surface area contributed by atoms with Crippen LogP contribution in [0.4, 0.5) is 5.69 Å². The lowest BCUT2D eigenvalue weighted by Crippen LogP contribution is -2.14. The van der Waals surface area contributed by atoms with Gasteiger partial charge in [0.05, 0.1) is 31.1 Å². The van der Waals surface area contributed by atoms with Gasteiger partial charge in [0.15, 0.2) is 0 Å². The SMILES string of the molecule is COC(=O)C(C)CSc1cc(OC)cc([N+](=O)[O-])c1. The Hall–Kier alpha value is -1.76. The highest BCUT2D eigenvalue weighted by Gasteiger charge is 2.15. The summed E-state index contributed by atoms with van der Waals surface area (Å²) < 4.78 is 9.63. The average Bonchev–Trinajstić information content (AvgIpc) is 2.43. The summed E-state index contributed by atoms with van der Waals surface area (Å²) in [6, 6.07) is 4.51. The topological polar surface area (TPSA) is 78.7 Å². The third-order valence-corrected chi connectivity index (χ3v) is 3.65. The number of thioether (sulfide) groups is 1. The van der Waals surface area contributed by atoms with E-state index in [4.69, 9.17) is 4.74 Å². The first-order valence-corrected chi connectivity index (χ1v) is 6.50. The van der Waals surface area contributed by atoms with Crippen molar-refractivity contribution in [2.75, 3.05) is 20.0 Å². The van der Waals surface area contributed by atoms with Gasteiger partial charge in [-0.1, -0.05) is 6.92 Å². The van der Waals surface area contributed by atoms with Gasteiger partial charge in [0.1, 0.15) is 5.75 Å². The Morgan fingerprint density at radius 2 is 2.11 bits per heavy atom. The normalized spacial score (nSPS) is 11.7. The van der Waals surface area contributed by atoms with E-state index in [9.17, 15) is 14.9 Å². The van der Waals surface area contributed by atoms with Gasteiger partial charge in [-0.05, 0) is 6.07 Å². The number of benzene rings is 1. The molecule has 19 heavy (non-hydrogen) atoms. The molecule has 0 aromatic heterocycles. The van der Waals surface area contributed by atoms with Crippen molar-refractivity contribution >= 4 is 23.4 Å². The molecule has 0 bridgehead atoms. The van der Waals surface area contributed by atoms with E-state index in [1.807, 2.05) is 0 Å². The summed E-state index contributed by atoms with van der Waals surface area (Å²) >= 11 is 1.35. The van der Waals surface area contributed by atoms with Crippen LogP contribution in [-0.2, 0) is 9.53 Å². The molecule has 0 spiro atoms. The Balaban J connectivity index is 2.80. The van der Waals surface area contributed by atoms with Crippen LogP contribution < -0.4 is 4.74 Å². The molecule has 7 heteroatoms. The lowest BCUT2D eigenvalue weighted by atomic mass is 10.2. The molecular weight excluding hydrogens is 270 g/mol. The fourth-order valence-corrected chi connectivity index (χ4v) is 2.34. The van der Waals surface area contributed by atoms with Crippen LogP contribution in [0.5, 0.6) is 5.75 Å². The van der Waals surface area contributed by atoms with E-state index in [2.05, 4.69) is 4.74 Å². The van der Waals surface area contributed by atoms with Gasteiger partial charge in [-0.3, -0.25) is 14.9 Å². The van der Waals surface area contributed by atoms with Crippen molar-refractivity contribution in [3.8, 4) is 5.75 Å². The highest BCUT2D eigenvalue weighted by atomic mass is 32.2. The quantitative estimate of drug-likeness (QED) is 0.346. The number of nitrogens with zero attached hydrogens (tertiary/aromatic N) is 1. The van der Waals surface area contributed by atoms with E-state index in [0.29, 0.717) is 16.4 Å². The molecule has 1 atom stereocenters. The van der Waals surface area contributed by atoms with Crippen LogP contribution in [0, 0.1) is 16.0 Å². The molecule has 6 nitrogen and oxygen atoms in total. The Kier molecular flexibility index (Phi) is 5.62. The van der Waals surface area contributed by atoms with E-state index >= 15 is 0 Å². The summed E-state index contributed by atoms with van der Waals surface area (Å²) in [6.45, 7) is 1.74. The van der Waals surface area contributed by atoms with Crippen LogP contribution in [0.25, 0.3) is 0 Å². The molecule has 0 saturated carbocycles. The number of carbonyl (C=O) groups excluding carboxylic acids is 1. The molecule has 0 radical (unpaired) electrons. The first-order valence-electron chi connectivity index (χ1n) is 5.52. The largest absolute Gasteiger partial charge is 0.496 e. The van der Waals surface area contributed by atoms with Gasteiger partial charge >= 0.3 is 5.97 Å². The van der Waals surface area contributed by atoms with Gasteiger partial charge < -0.3 is 9.47 Å². The average molecular weight is 285 g/mol. The number of non-ortho nitro benzene ring substituents is 1. The van der Waals surface area contributed by atoms with E-state index in [1.54, 1.807) is 13.0 Å². The number of hydrogen-bond acceptors (Lipinski definition) is 6. The Bertz CT molecular complexity index is 477. The molecule has 0 aliphatic carbocycles. The molecule has 0 amide bonds. The fourth-order valence-electron chi connectivity index (χ4n) is 1.35. The molecule has 0 heterocycles. The zero-order chi connectivity index (χ0) is 14.4. The first-order chi connectivity index (χ1) is 8.97. The van der Waals surface area contributed by atoms with Crippen LogP contribution in [0.3, 0.4) is 0 Å². The van der Waals surface area contributed by atoms with E-state index in [1.165, 1.54) is 38.1 Å². The standard InChI is InChI=1S/C12H15NO5S/c1-8(12(14)18-3)7-19-11-5-9(13(15)16)4-10(6-11)17-2/h4-6,8H,7H2,1-3H3. The first kappa shape index (κ1) is 15.3. The van der Waals surface area contributed by atoms with Crippen LogP contribution >= 0.6 is 11.8 Å². The molecular formula is C12H15NO5S. The maximum atomic E-state index is 11.3. The molecule has 0 aliphatic heterocycles. The second kappa shape index (κ2) is 6.98. The Morgan fingerprint density at radius 1 is 1.42 bits per heavy atom. The summed E-state index contributed by atoms with van der Waals surface area (Å²) in [5.74, 6) is 0.323. The van der Waals surface area contributed by atoms with Crippen LogP contribution in [0.1, 0.15) is 6.92 Å². The second-order valence-corrected chi connectivity index (χ2v) is 4.95. The minimum Gasteiger partial charge on any atom is -0.496 e. The van der Waals surface area contributed by atoms with Gasteiger partial charge in [-0.2, -0.15) is 0 Å². The molecule has 1 aromatic rings. The van der Waals surface area contributed by atoms with Crippen molar-refractivity contribution in [1.29, 1.82) is 0 Å². The summed E-state index contributed by atoms with van der Waals surface area (Å²) in [5.41, 5.74) is -0.0347. The van der Waals surface area contributed by atoms with Crippen molar-refractivity contribution in [3.63, 3.8) is 0 Å². The van der Waals surface area contributed by atoms with Gasteiger partial charge in [-0.15, -0.1) is 11.8 Å². The molecule has 0 fully saturated rings. The molecule has 1 aromatic carbocycles. The zero-order valence-corrected chi connectivity index (χ0v) is 11.7. The Labute approximate surface area is 115 Å². The van der Waals surface area contributed by atoms with Crippen molar-refractivity contribution in [2.24, 2.45) is 5.92 Å². The number of rotatable bonds is 6. The third-order valence-electron chi connectivity index (χ3n) is 2.41. The Morgan fingerprint density at radius 3 is 2.63 bits per heavy atom. The van der Waals surface area contributed by atoms with E-state index < -0.39 is 4.92 Å². The summed E-state index contributed by atoms with van der Waals surface area (Å²) in [6.07, 6.45) is 0. The maximum absolute atomic E-state index is 11.3. The highest BCUT2D eigenvalue weighted by molar-refractivity contribution is 7.99. The van der Waals surface area contributed by atoms with Gasteiger partial charge in [0.25, 0.3) is 5.69 Å².